The number of aromatic hydroxyl groups is 2. The normalized spacial score (nSPS) is 10.7. The van der Waals surface area contributed by atoms with Gasteiger partial charge in [0.1, 0.15) is 11.5 Å². The molecule has 0 saturated carbocycles. The average Bonchev–Trinajstić information content (AvgIpc) is 2.74. The van der Waals surface area contributed by atoms with Gasteiger partial charge in [0.05, 0.1) is 26.4 Å². The maximum Gasteiger partial charge on any atom is 0.313 e. The van der Waals surface area contributed by atoms with Crippen molar-refractivity contribution in [2.45, 2.75) is 39.9 Å². The van der Waals surface area contributed by atoms with Gasteiger partial charge in [0, 0.05) is 34.5 Å². The van der Waals surface area contributed by atoms with Gasteiger partial charge >= 0.3 is 11.8 Å². The SMILES string of the molecule is Cc1c(NC(=O)C(=O)NCc2cc(CO)c(O)c(CO)c2)cc(CO)c(O)c1CO. The molecule has 0 heterocycles. The van der Waals surface area contributed by atoms with Crippen molar-refractivity contribution in [1.29, 1.82) is 0 Å². The second-order valence-electron chi connectivity index (χ2n) is 6.57. The molecule has 2 amide bonds. The highest BCUT2D eigenvalue weighted by molar-refractivity contribution is 6.39. The maximum atomic E-state index is 12.2. The number of anilines is 1. The number of hydrogen-bond acceptors (Lipinski definition) is 8. The van der Waals surface area contributed by atoms with Gasteiger partial charge in [-0.2, -0.15) is 0 Å². The Labute approximate surface area is 172 Å². The lowest BCUT2D eigenvalue weighted by Crippen LogP contribution is -2.35. The molecule has 0 fully saturated rings. The van der Waals surface area contributed by atoms with Crippen LogP contribution in [-0.2, 0) is 42.6 Å². The number of hydrogen-bond donors (Lipinski definition) is 8. The third kappa shape index (κ3) is 4.86. The fraction of sp³-hybridized carbons (Fsp3) is 0.300. The summed E-state index contributed by atoms with van der Waals surface area (Å²) in [5.74, 6) is -2.52. The van der Waals surface area contributed by atoms with Crippen LogP contribution in [0, 0.1) is 6.92 Å². The lowest BCUT2D eigenvalue weighted by Gasteiger charge is -2.16. The van der Waals surface area contributed by atoms with Gasteiger partial charge in [0.25, 0.3) is 0 Å². The molecule has 0 atom stereocenters. The molecule has 2 rings (SSSR count). The van der Waals surface area contributed by atoms with Crippen LogP contribution in [0.25, 0.3) is 0 Å². The minimum atomic E-state index is -1.01. The van der Waals surface area contributed by atoms with E-state index < -0.39 is 38.2 Å². The number of benzene rings is 2. The first kappa shape index (κ1) is 23.1. The van der Waals surface area contributed by atoms with Crippen molar-refractivity contribution >= 4 is 17.5 Å². The Hall–Kier alpha value is -3.18. The molecule has 0 aliphatic carbocycles. The number of aliphatic hydroxyl groups is 4. The number of amides is 2. The molecule has 0 aliphatic heterocycles. The fourth-order valence-electron chi connectivity index (χ4n) is 2.95. The average molecular weight is 420 g/mol. The zero-order valence-corrected chi connectivity index (χ0v) is 16.3. The Morgan fingerprint density at radius 1 is 0.800 bits per heavy atom. The van der Waals surface area contributed by atoms with Gasteiger partial charge in [0.15, 0.2) is 0 Å². The molecule has 0 bridgehead atoms. The summed E-state index contributed by atoms with van der Waals surface area (Å²) >= 11 is 0. The molecule has 0 spiro atoms. The molecule has 10 nitrogen and oxygen atoms in total. The zero-order chi connectivity index (χ0) is 22.4. The molecule has 2 aromatic rings. The van der Waals surface area contributed by atoms with E-state index in [9.17, 15) is 40.2 Å². The van der Waals surface area contributed by atoms with Gasteiger partial charge in [-0.05, 0) is 36.2 Å². The summed E-state index contributed by atoms with van der Waals surface area (Å²) in [5.41, 5.74) is 1.48. The molecular formula is C20H24N2O8. The van der Waals surface area contributed by atoms with Crippen LogP contribution in [-0.4, -0.2) is 42.5 Å². The zero-order valence-electron chi connectivity index (χ0n) is 16.3. The van der Waals surface area contributed by atoms with Crippen LogP contribution in [0.3, 0.4) is 0 Å². The molecule has 0 aromatic heterocycles. The van der Waals surface area contributed by atoms with Gasteiger partial charge in [-0.3, -0.25) is 9.59 Å². The predicted octanol–water partition coefficient (Wildman–Crippen LogP) is -0.370. The Morgan fingerprint density at radius 3 is 1.83 bits per heavy atom. The number of carbonyl (C=O) groups is 2. The van der Waals surface area contributed by atoms with E-state index in [1.165, 1.54) is 25.1 Å². The summed E-state index contributed by atoms with van der Waals surface area (Å²) in [4.78, 5) is 24.4. The van der Waals surface area contributed by atoms with Crippen molar-refractivity contribution < 1.29 is 40.2 Å². The van der Waals surface area contributed by atoms with Gasteiger partial charge in [0.2, 0.25) is 0 Å². The lowest BCUT2D eigenvalue weighted by atomic mass is 10.0. The van der Waals surface area contributed by atoms with Crippen LogP contribution in [0.15, 0.2) is 18.2 Å². The van der Waals surface area contributed by atoms with E-state index in [1.54, 1.807) is 0 Å². The third-order valence-corrected chi connectivity index (χ3v) is 4.67. The van der Waals surface area contributed by atoms with Gasteiger partial charge in [-0.1, -0.05) is 0 Å². The summed E-state index contributed by atoms with van der Waals surface area (Å²) in [7, 11) is 0. The standard InChI is InChI=1S/C20H24N2O8/c1-10-15(9-26)18(28)14(8-25)4-16(10)22-20(30)19(29)21-5-11-2-12(6-23)17(27)13(3-11)7-24/h2-4,23-28H,5-9H2,1H3,(H,21,29)(H,22,30). The van der Waals surface area contributed by atoms with Crippen LogP contribution in [0.1, 0.15) is 33.4 Å². The molecule has 8 N–H and O–H groups in total. The maximum absolute atomic E-state index is 12.2. The monoisotopic (exact) mass is 420 g/mol. The van der Waals surface area contributed by atoms with E-state index in [2.05, 4.69) is 10.6 Å². The number of rotatable bonds is 7. The van der Waals surface area contributed by atoms with E-state index in [0.717, 1.165) is 0 Å². The van der Waals surface area contributed by atoms with Crippen LogP contribution >= 0.6 is 0 Å². The molecule has 0 unspecified atom stereocenters. The summed E-state index contributed by atoms with van der Waals surface area (Å²) < 4.78 is 0. The predicted molar refractivity (Wildman–Crippen MR) is 105 cm³/mol. The van der Waals surface area contributed by atoms with Crippen LogP contribution in [0.4, 0.5) is 5.69 Å². The van der Waals surface area contributed by atoms with Crippen molar-refractivity contribution in [3.63, 3.8) is 0 Å². The second-order valence-corrected chi connectivity index (χ2v) is 6.57. The highest BCUT2D eigenvalue weighted by atomic mass is 16.3. The number of phenols is 2. The summed E-state index contributed by atoms with van der Waals surface area (Å²) in [6.07, 6.45) is 0. The molecule has 0 aliphatic rings. The van der Waals surface area contributed by atoms with Gasteiger partial charge in [-0.15, -0.1) is 0 Å². The molecule has 2 aromatic carbocycles. The van der Waals surface area contributed by atoms with Gasteiger partial charge < -0.3 is 41.3 Å². The summed E-state index contributed by atoms with van der Waals surface area (Å²) in [6, 6.07) is 4.16. The second kappa shape index (κ2) is 10.0. The van der Waals surface area contributed by atoms with Crippen LogP contribution in [0.5, 0.6) is 11.5 Å². The van der Waals surface area contributed by atoms with E-state index in [1.807, 2.05) is 0 Å². The first-order valence-corrected chi connectivity index (χ1v) is 8.97. The van der Waals surface area contributed by atoms with E-state index in [-0.39, 0.29) is 46.0 Å². The van der Waals surface area contributed by atoms with Crippen molar-refractivity contribution in [2.24, 2.45) is 0 Å². The van der Waals surface area contributed by atoms with Gasteiger partial charge in [-0.25, -0.2) is 0 Å². The Bertz CT molecular complexity index is 933. The van der Waals surface area contributed by atoms with E-state index in [0.29, 0.717) is 11.1 Å². The Morgan fingerprint density at radius 2 is 1.33 bits per heavy atom. The molecule has 0 saturated heterocycles. The molecule has 30 heavy (non-hydrogen) atoms. The first-order chi connectivity index (χ1) is 14.3. The molecule has 0 radical (unpaired) electrons. The first-order valence-electron chi connectivity index (χ1n) is 8.97. The van der Waals surface area contributed by atoms with Crippen LogP contribution in [0.2, 0.25) is 0 Å². The highest BCUT2D eigenvalue weighted by Crippen LogP contribution is 2.32. The Balaban J connectivity index is 2.14. The number of carbonyl (C=O) groups excluding carboxylic acids is 2. The lowest BCUT2D eigenvalue weighted by molar-refractivity contribution is -0.136. The van der Waals surface area contributed by atoms with E-state index in [4.69, 9.17) is 0 Å². The van der Waals surface area contributed by atoms with Crippen molar-refractivity contribution in [3.8, 4) is 11.5 Å². The smallest absolute Gasteiger partial charge is 0.313 e. The highest BCUT2D eigenvalue weighted by Gasteiger charge is 2.19. The Kier molecular flexibility index (Phi) is 7.72. The summed E-state index contributed by atoms with van der Waals surface area (Å²) in [6.45, 7) is -0.575. The number of nitrogens with one attached hydrogen (secondary N) is 2. The minimum Gasteiger partial charge on any atom is -0.507 e. The van der Waals surface area contributed by atoms with Crippen molar-refractivity contribution in [3.05, 3.63) is 51.6 Å². The van der Waals surface area contributed by atoms with E-state index >= 15 is 0 Å². The summed E-state index contributed by atoms with van der Waals surface area (Å²) in [5, 5.41) is 61.9. The topological polar surface area (TPSA) is 180 Å². The fourth-order valence-corrected chi connectivity index (χ4v) is 2.95. The third-order valence-electron chi connectivity index (χ3n) is 4.67. The molecule has 10 heteroatoms. The molecular weight excluding hydrogens is 396 g/mol. The number of aliphatic hydroxyl groups excluding tert-OH is 4. The minimum absolute atomic E-state index is 0.0810. The van der Waals surface area contributed by atoms with Crippen molar-refractivity contribution in [2.75, 3.05) is 5.32 Å². The van der Waals surface area contributed by atoms with Crippen molar-refractivity contribution in [1.82, 2.24) is 5.32 Å². The molecule has 162 valence electrons. The largest absolute Gasteiger partial charge is 0.507 e. The quantitative estimate of drug-likeness (QED) is 0.221. The van der Waals surface area contributed by atoms with Crippen LogP contribution < -0.4 is 10.6 Å².